The van der Waals surface area contributed by atoms with Crippen LogP contribution in [0.2, 0.25) is 0 Å². The van der Waals surface area contributed by atoms with Gasteiger partial charge in [0.1, 0.15) is 5.69 Å². The van der Waals surface area contributed by atoms with Crippen LogP contribution in [0.25, 0.3) is 11.3 Å². The Morgan fingerprint density at radius 3 is 2.32 bits per heavy atom. The van der Waals surface area contributed by atoms with Gasteiger partial charge in [-0.25, -0.2) is 8.42 Å². The van der Waals surface area contributed by atoms with Crippen LogP contribution in [-0.4, -0.2) is 29.1 Å². The van der Waals surface area contributed by atoms with Crippen LogP contribution in [0.15, 0.2) is 29.2 Å². The monoisotopic (exact) mass is 322 g/mol. The first-order valence-electron chi connectivity index (χ1n) is 7.21. The highest BCUT2D eigenvalue weighted by molar-refractivity contribution is 7.91. The molecule has 1 heterocycles. The van der Waals surface area contributed by atoms with Gasteiger partial charge < -0.3 is 5.11 Å². The van der Waals surface area contributed by atoms with E-state index < -0.39 is 9.84 Å². The Morgan fingerprint density at radius 2 is 1.82 bits per heavy atom. The summed E-state index contributed by atoms with van der Waals surface area (Å²) in [7, 11) is -3.39. The highest BCUT2D eigenvalue weighted by Gasteiger charge is 2.26. The minimum absolute atomic E-state index is 0.00371. The van der Waals surface area contributed by atoms with Crippen LogP contribution in [0, 0.1) is 6.92 Å². The van der Waals surface area contributed by atoms with E-state index >= 15 is 0 Å². The molecule has 0 aliphatic carbocycles. The molecule has 1 aromatic heterocycles. The molecule has 120 valence electrons. The lowest BCUT2D eigenvalue weighted by atomic mass is 10.1. The van der Waals surface area contributed by atoms with Gasteiger partial charge in [-0.1, -0.05) is 25.1 Å². The van der Waals surface area contributed by atoms with E-state index in [9.17, 15) is 13.5 Å². The van der Waals surface area contributed by atoms with Crippen molar-refractivity contribution in [2.45, 2.75) is 45.1 Å². The minimum atomic E-state index is -3.39. The summed E-state index contributed by atoms with van der Waals surface area (Å²) in [5, 5.41) is 14.9. The molecule has 0 unspecified atom stereocenters. The Balaban J connectivity index is 2.75. The first-order chi connectivity index (χ1) is 10.1. The Morgan fingerprint density at radius 1 is 1.23 bits per heavy atom. The van der Waals surface area contributed by atoms with E-state index in [1.807, 2.05) is 20.8 Å². The van der Waals surface area contributed by atoms with Crippen LogP contribution in [0.5, 0.6) is 5.75 Å². The third kappa shape index (κ3) is 2.75. The van der Waals surface area contributed by atoms with Crippen molar-refractivity contribution in [3.8, 4) is 17.0 Å². The number of aromatic nitrogens is 2. The number of hydrogen-bond donors (Lipinski definition) is 1. The Labute approximate surface area is 131 Å². The maximum atomic E-state index is 12.3. The molecule has 0 fully saturated rings. The summed E-state index contributed by atoms with van der Waals surface area (Å²) in [6.45, 7) is 9.31. The highest BCUT2D eigenvalue weighted by Crippen LogP contribution is 2.37. The average molecular weight is 322 g/mol. The summed E-state index contributed by atoms with van der Waals surface area (Å²) in [6.07, 6.45) is 0. The fourth-order valence-electron chi connectivity index (χ4n) is 2.42. The van der Waals surface area contributed by atoms with Crippen molar-refractivity contribution in [2.75, 3.05) is 5.75 Å². The summed E-state index contributed by atoms with van der Waals surface area (Å²) < 4.78 is 26.3. The minimum Gasteiger partial charge on any atom is -0.504 e. The molecule has 0 saturated carbocycles. The topological polar surface area (TPSA) is 72.2 Å². The van der Waals surface area contributed by atoms with E-state index in [2.05, 4.69) is 5.10 Å². The third-order valence-electron chi connectivity index (χ3n) is 3.58. The molecule has 0 aliphatic rings. The lowest BCUT2D eigenvalue weighted by Gasteiger charge is -2.20. The van der Waals surface area contributed by atoms with Gasteiger partial charge in [-0.3, -0.25) is 4.68 Å². The molecule has 1 N–H and O–H groups in total. The number of benzene rings is 1. The summed E-state index contributed by atoms with van der Waals surface area (Å²) in [4.78, 5) is 0.200. The van der Waals surface area contributed by atoms with E-state index in [0.29, 0.717) is 17.0 Å². The van der Waals surface area contributed by atoms with Crippen LogP contribution in [-0.2, 0) is 15.4 Å². The second-order valence-corrected chi connectivity index (χ2v) is 8.51. The molecule has 0 aliphatic heterocycles. The van der Waals surface area contributed by atoms with Crippen molar-refractivity contribution in [1.82, 2.24) is 9.78 Å². The van der Waals surface area contributed by atoms with E-state index in [1.54, 1.807) is 42.8 Å². The normalized spacial score (nSPS) is 12.6. The smallest absolute Gasteiger partial charge is 0.178 e. The van der Waals surface area contributed by atoms with Crippen molar-refractivity contribution in [1.29, 1.82) is 0 Å². The predicted octanol–water partition coefficient (Wildman–Crippen LogP) is 3.11. The molecule has 6 heteroatoms. The Kier molecular flexibility index (Phi) is 4.08. The number of nitrogens with zero attached hydrogens (tertiary/aromatic N) is 2. The summed E-state index contributed by atoms with van der Waals surface area (Å²) in [6, 6.07) is 6.65. The van der Waals surface area contributed by atoms with E-state index in [0.717, 1.165) is 0 Å². The summed E-state index contributed by atoms with van der Waals surface area (Å²) in [5.74, 6) is 0.0256. The second kappa shape index (κ2) is 5.43. The number of hydrogen-bond acceptors (Lipinski definition) is 4. The zero-order valence-electron chi connectivity index (χ0n) is 13.6. The van der Waals surface area contributed by atoms with Crippen LogP contribution in [0.4, 0.5) is 0 Å². The van der Waals surface area contributed by atoms with Crippen molar-refractivity contribution in [3.05, 3.63) is 30.0 Å². The number of sulfone groups is 1. The van der Waals surface area contributed by atoms with Gasteiger partial charge in [-0.15, -0.1) is 0 Å². The van der Waals surface area contributed by atoms with Crippen LogP contribution >= 0.6 is 0 Å². The lowest BCUT2D eigenvalue weighted by molar-refractivity contribution is 0.345. The quantitative estimate of drug-likeness (QED) is 0.942. The average Bonchev–Trinajstić information content (AvgIpc) is 2.75. The Hall–Kier alpha value is -1.82. The number of rotatable bonds is 3. The maximum absolute atomic E-state index is 12.3. The summed E-state index contributed by atoms with van der Waals surface area (Å²) >= 11 is 0. The zero-order valence-corrected chi connectivity index (χ0v) is 14.4. The van der Waals surface area contributed by atoms with Gasteiger partial charge in [0.25, 0.3) is 0 Å². The summed E-state index contributed by atoms with van der Waals surface area (Å²) in [5.41, 5.74) is 1.05. The van der Waals surface area contributed by atoms with Crippen LogP contribution in [0.1, 0.15) is 33.4 Å². The molecule has 22 heavy (non-hydrogen) atoms. The van der Waals surface area contributed by atoms with Gasteiger partial charge in [0.2, 0.25) is 0 Å². The predicted molar refractivity (Wildman–Crippen MR) is 86.8 cm³/mol. The Bertz CT molecular complexity index is 799. The molecule has 0 bridgehead atoms. The molecular formula is C16H22N2O3S. The van der Waals surface area contributed by atoms with E-state index in [4.69, 9.17) is 0 Å². The molecule has 0 saturated heterocycles. The van der Waals surface area contributed by atoms with Crippen molar-refractivity contribution in [2.24, 2.45) is 0 Å². The maximum Gasteiger partial charge on any atom is 0.178 e. The van der Waals surface area contributed by atoms with Crippen molar-refractivity contribution >= 4 is 9.84 Å². The van der Waals surface area contributed by atoms with Gasteiger partial charge in [0.15, 0.2) is 15.6 Å². The third-order valence-corrected chi connectivity index (χ3v) is 5.36. The largest absolute Gasteiger partial charge is 0.504 e. The van der Waals surface area contributed by atoms with Crippen LogP contribution < -0.4 is 0 Å². The molecule has 0 radical (unpaired) electrons. The molecule has 0 atom stereocenters. The number of aromatic hydroxyl groups is 1. The van der Waals surface area contributed by atoms with E-state index in [1.165, 1.54) is 0 Å². The van der Waals surface area contributed by atoms with Gasteiger partial charge in [0.05, 0.1) is 21.9 Å². The van der Waals surface area contributed by atoms with Crippen molar-refractivity contribution in [3.63, 3.8) is 0 Å². The second-order valence-electron chi connectivity index (χ2n) is 6.26. The zero-order chi connectivity index (χ0) is 16.7. The van der Waals surface area contributed by atoms with Gasteiger partial charge in [-0.2, -0.15) is 5.10 Å². The van der Waals surface area contributed by atoms with Crippen molar-refractivity contribution < 1.29 is 13.5 Å². The van der Waals surface area contributed by atoms with Gasteiger partial charge in [0, 0.05) is 5.56 Å². The molecule has 2 aromatic rings. The lowest BCUT2D eigenvalue weighted by Crippen LogP contribution is -2.24. The fraction of sp³-hybridized carbons (Fsp3) is 0.438. The molecule has 0 spiro atoms. The first kappa shape index (κ1) is 16.5. The fourth-order valence-corrected chi connectivity index (χ4v) is 3.51. The molecule has 1 aromatic carbocycles. The van der Waals surface area contributed by atoms with Gasteiger partial charge >= 0.3 is 0 Å². The molecular weight excluding hydrogens is 300 g/mol. The standard InChI is InChI=1S/C16H22N2O3S/c1-6-22(20,21)13-10-8-7-9-12(13)14-15(19)11(2)18(17-14)16(3,4)5/h7-10,19H,6H2,1-5H3. The van der Waals surface area contributed by atoms with Crippen LogP contribution in [0.3, 0.4) is 0 Å². The van der Waals surface area contributed by atoms with E-state index in [-0.39, 0.29) is 21.9 Å². The SMILES string of the molecule is CCS(=O)(=O)c1ccccc1-c1nn(C(C)(C)C)c(C)c1O. The molecule has 2 rings (SSSR count). The first-order valence-corrected chi connectivity index (χ1v) is 8.86. The molecule has 5 nitrogen and oxygen atoms in total. The molecule has 0 amide bonds. The van der Waals surface area contributed by atoms with Gasteiger partial charge in [-0.05, 0) is 33.8 Å². The highest BCUT2D eigenvalue weighted by atomic mass is 32.2.